The van der Waals surface area contributed by atoms with E-state index in [2.05, 4.69) is 13.8 Å². The lowest BCUT2D eigenvalue weighted by Crippen LogP contribution is -2.44. The van der Waals surface area contributed by atoms with Crippen LogP contribution in [-0.2, 0) is 0 Å². The van der Waals surface area contributed by atoms with Crippen molar-refractivity contribution < 1.29 is 4.79 Å². The molecule has 2 atom stereocenters. The molecule has 1 amide bonds. The molecule has 3 nitrogen and oxygen atoms in total. The van der Waals surface area contributed by atoms with Crippen molar-refractivity contribution in [2.24, 2.45) is 5.92 Å². The minimum atomic E-state index is 0.104. The zero-order chi connectivity index (χ0) is 11.7. The summed E-state index contributed by atoms with van der Waals surface area (Å²) < 4.78 is 0. The highest BCUT2D eigenvalue weighted by Gasteiger charge is 2.28. The highest BCUT2D eigenvalue weighted by atomic mass is 32.1. The number of thiophene rings is 1. The van der Waals surface area contributed by atoms with E-state index >= 15 is 0 Å². The Morgan fingerprint density at radius 1 is 1.56 bits per heavy atom. The second-order valence-electron chi connectivity index (χ2n) is 4.68. The molecule has 1 saturated heterocycles. The average molecular weight is 238 g/mol. The van der Waals surface area contributed by atoms with Crippen LogP contribution in [0.25, 0.3) is 0 Å². The third-order valence-electron chi connectivity index (χ3n) is 3.29. The van der Waals surface area contributed by atoms with Gasteiger partial charge in [0.25, 0.3) is 5.91 Å². The van der Waals surface area contributed by atoms with Crippen molar-refractivity contribution in [2.75, 3.05) is 12.3 Å². The molecular formula is C12H18N2OS. The monoisotopic (exact) mass is 238 g/mol. The van der Waals surface area contributed by atoms with Crippen molar-refractivity contribution in [2.45, 2.75) is 32.7 Å². The molecule has 0 aromatic carbocycles. The van der Waals surface area contributed by atoms with Crippen LogP contribution in [0, 0.1) is 5.92 Å². The molecule has 2 rings (SSSR count). The maximum atomic E-state index is 12.3. The molecule has 0 radical (unpaired) electrons. The van der Waals surface area contributed by atoms with Gasteiger partial charge in [0, 0.05) is 12.6 Å². The molecular weight excluding hydrogens is 220 g/mol. The molecule has 0 bridgehead atoms. The summed E-state index contributed by atoms with van der Waals surface area (Å²) in [5.41, 5.74) is 6.40. The number of nitrogens with zero attached hydrogens (tertiary/aromatic N) is 1. The van der Waals surface area contributed by atoms with Gasteiger partial charge in [0.1, 0.15) is 4.88 Å². The Kier molecular flexibility index (Phi) is 3.19. The zero-order valence-corrected chi connectivity index (χ0v) is 10.6. The van der Waals surface area contributed by atoms with Crippen molar-refractivity contribution in [3.05, 3.63) is 16.3 Å². The normalized spacial score (nSPS) is 25.8. The highest BCUT2D eigenvalue weighted by Crippen LogP contribution is 2.27. The standard InChI is InChI=1S/C12H18N2OS/c1-8-3-5-14(9(2)7-8)12(15)11-10(13)4-6-16-11/h4,6,8-9H,3,5,7,13H2,1-2H3. The van der Waals surface area contributed by atoms with Crippen molar-refractivity contribution in [1.29, 1.82) is 0 Å². The molecule has 1 aliphatic rings. The minimum Gasteiger partial charge on any atom is -0.397 e. The number of carbonyl (C=O) groups excluding carboxylic acids is 1. The van der Waals surface area contributed by atoms with E-state index in [0.717, 1.165) is 25.3 Å². The Morgan fingerprint density at radius 3 is 2.88 bits per heavy atom. The van der Waals surface area contributed by atoms with E-state index in [-0.39, 0.29) is 5.91 Å². The summed E-state index contributed by atoms with van der Waals surface area (Å²) >= 11 is 1.44. The van der Waals surface area contributed by atoms with E-state index in [1.54, 1.807) is 6.07 Å². The molecule has 2 N–H and O–H groups in total. The van der Waals surface area contributed by atoms with Gasteiger partial charge in [-0.25, -0.2) is 0 Å². The van der Waals surface area contributed by atoms with Gasteiger partial charge in [0.15, 0.2) is 0 Å². The van der Waals surface area contributed by atoms with Gasteiger partial charge >= 0.3 is 0 Å². The van der Waals surface area contributed by atoms with E-state index in [0.29, 0.717) is 16.6 Å². The van der Waals surface area contributed by atoms with Crippen LogP contribution >= 0.6 is 11.3 Å². The Balaban J connectivity index is 2.14. The van der Waals surface area contributed by atoms with Crippen molar-refractivity contribution >= 4 is 22.9 Å². The maximum Gasteiger partial charge on any atom is 0.266 e. The van der Waals surface area contributed by atoms with Gasteiger partial charge < -0.3 is 10.6 Å². The van der Waals surface area contributed by atoms with Gasteiger partial charge in [0.2, 0.25) is 0 Å². The van der Waals surface area contributed by atoms with Crippen LogP contribution in [0.3, 0.4) is 0 Å². The van der Waals surface area contributed by atoms with Gasteiger partial charge in [0.05, 0.1) is 5.69 Å². The van der Waals surface area contributed by atoms with Crippen LogP contribution in [-0.4, -0.2) is 23.4 Å². The van der Waals surface area contributed by atoms with Gasteiger partial charge in [-0.15, -0.1) is 11.3 Å². The smallest absolute Gasteiger partial charge is 0.266 e. The number of anilines is 1. The summed E-state index contributed by atoms with van der Waals surface area (Å²) in [7, 11) is 0. The van der Waals surface area contributed by atoms with Gasteiger partial charge in [-0.1, -0.05) is 6.92 Å². The van der Waals surface area contributed by atoms with E-state index in [1.807, 2.05) is 10.3 Å². The van der Waals surface area contributed by atoms with Crippen LogP contribution < -0.4 is 5.73 Å². The lowest BCUT2D eigenvalue weighted by molar-refractivity contribution is 0.0594. The van der Waals surface area contributed by atoms with Crippen LogP contribution in [0.5, 0.6) is 0 Å². The van der Waals surface area contributed by atoms with E-state index in [9.17, 15) is 4.79 Å². The second kappa shape index (κ2) is 4.45. The number of piperidine rings is 1. The second-order valence-corrected chi connectivity index (χ2v) is 5.60. The van der Waals surface area contributed by atoms with E-state index < -0.39 is 0 Å². The topological polar surface area (TPSA) is 46.3 Å². The quantitative estimate of drug-likeness (QED) is 0.817. The summed E-state index contributed by atoms with van der Waals surface area (Å²) in [6, 6.07) is 2.13. The number of nitrogen functional groups attached to an aromatic ring is 1. The molecule has 0 spiro atoms. The molecule has 1 aromatic rings. The number of nitrogens with two attached hydrogens (primary N) is 1. The maximum absolute atomic E-state index is 12.3. The average Bonchev–Trinajstić information content (AvgIpc) is 2.63. The Labute approximate surface area is 100 Å². The lowest BCUT2D eigenvalue weighted by atomic mass is 9.93. The van der Waals surface area contributed by atoms with Gasteiger partial charge in [-0.2, -0.15) is 0 Å². The number of rotatable bonds is 1. The Morgan fingerprint density at radius 2 is 2.31 bits per heavy atom. The molecule has 1 aromatic heterocycles. The van der Waals surface area contributed by atoms with Gasteiger partial charge in [-0.3, -0.25) is 4.79 Å². The summed E-state index contributed by atoms with van der Waals surface area (Å²) in [6.07, 6.45) is 2.19. The van der Waals surface area contributed by atoms with Crippen LogP contribution in [0.2, 0.25) is 0 Å². The molecule has 88 valence electrons. The lowest BCUT2D eigenvalue weighted by Gasteiger charge is -2.36. The first-order valence-corrected chi connectivity index (χ1v) is 6.61. The molecule has 1 aliphatic heterocycles. The number of hydrogen-bond donors (Lipinski definition) is 1. The SMILES string of the molecule is CC1CCN(C(=O)c2sccc2N)C(C)C1. The van der Waals surface area contributed by atoms with Gasteiger partial charge in [-0.05, 0) is 37.1 Å². The first-order valence-electron chi connectivity index (χ1n) is 5.73. The Bertz CT molecular complexity index is 388. The molecule has 0 aliphatic carbocycles. The largest absolute Gasteiger partial charge is 0.397 e. The fourth-order valence-corrected chi connectivity index (χ4v) is 3.11. The summed E-state index contributed by atoms with van der Waals surface area (Å²) in [6.45, 7) is 5.23. The van der Waals surface area contributed by atoms with Crippen LogP contribution in [0.15, 0.2) is 11.4 Å². The molecule has 4 heteroatoms. The Hall–Kier alpha value is -1.03. The fraction of sp³-hybridized carbons (Fsp3) is 0.583. The summed E-state index contributed by atoms with van der Waals surface area (Å²) in [4.78, 5) is 14.9. The van der Waals surface area contributed by atoms with E-state index in [1.165, 1.54) is 11.3 Å². The number of carbonyl (C=O) groups is 1. The van der Waals surface area contributed by atoms with Crippen LogP contribution in [0.4, 0.5) is 5.69 Å². The van der Waals surface area contributed by atoms with Crippen molar-refractivity contribution in [1.82, 2.24) is 4.90 Å². The van der Waals surface area contributed by atoms with E-state index in [4.69, 9.17) is 5.73 Å². The van der Waals surface area contributed by atoms with Crippen LogP contribution in [0.1, 0.15) is 36.4 Å². The third-order valence-corrected chi connectivity index (χ3v) is 4.21. The number of hydrogen-bond acceptors (Lipinski definition) is 3. The molecule has 0 saturated carbocycles. The summed E-state index contributed by atoms with van der Waals surface area (Å²) in [5, 5.41) is 1.87. The first kappa shape index (κ1) is 11.5. The molecule has 2 unspecified atom stereocenters. The number of amides is 1. The first-order chi connectivity index (χ1) is 7.59. The molecule has 2 heterocycles. The fourth-order valence-electron chi connectivity index (χ4n) is 2.33. The summed E-state index contributed by atoms with van der Waals surface area (Å²) in [5.74, 6) is 0.826. The number of likely N-dealkylation sites (tertiary alicyclic amines) is 1. The predicted molar refractivity (Wildman–Crippen MR) is 67.6 cm³/mol. The predicted octanol–water partition coefficient (Wildman–Crippen LogP) is 2.59. The molecule has 1 fully saturated rings. The van der Waals surface area contributed by atoms with Crippen molar-refractivity contribution in [3.63, 3.8) is 0 Å². The zero-order valence-electron chi connectivity index (χ0n) is 9.77. The minimum absolute atomic E-state index is 0.104. The third kappa shape index (κ3) is 2.07. The molecule has 16 heavy (non-hydrogen) atoms. The highest BCUT2D eigenvalue weighted by molar-refractivity contribution is 7.12. The van der Waals surface area contributed by atoms with Crippen molar-refractivity contribution in [3.8, 4) is 0 Å².